The molecule has 0 bridgehead atoms. The molecule has 0 radical (unpaired) electrons. The third-order valence-electron chi connectivity index (χ3n) is 6.30. The van der Waals surface area contributed by atoms with Crippen LogP contribution in [0, 0.1) is 32.1 Å². The summed E-state index contributed by atoms with van der Waals surface area (Å²) >= 11 is 0. The zero-order valence-corrected chi connectivity index (χ0v) is 17.4. The predicted molar refractivity (Wildman–Crippen MR) is 109 cm³/mol. The van der Waals surface area contributed by atoms with Crippen LogP contribution in [0.2, 0.25) is 0 Å². The second kappa shape index (κ2) is 8.37. The van der Waals surface area contributed by atoms with Crippen molar-refractivity contribution < 1.29 is 9.84 Å². The molecule has 142 valence electrons. The van der Waals surface area contributed by atoms with Crippen LogP contribution in [0.3, 0.4) is 0 Å². The molecule has 0 spiro atoms. The smallest absolute Gasteiger partial charge is 0.0547 e. The number of aliphatic hydroxyl groups is 1. The Morgan fingerprint density at radius 3 is 2.32 bits per heavy atom. The van der Waals surface area contributed by atoms with Gasteiger partial charge in [0, 0.05) is 32.4 Å². The van der Waals surface area contributed by atoms with Crippen LogP contribution in [0.1, 0.15) is 43.9 Å². The normalized spacial score (nSPS) is 15.6. The van der Waals surface area contributed by atoms with Gasteiger partial charge in [-0.15, -0.1) is 6.58 Å². The van der Waals surface area contributed by atoms with Crippen molar-refractivity contribution in [3.63, 3.8) is 0 Å². The van der Waals surface area contributed by atoms with E-state index in [1.165, 1.54) is 22.4 Å². The first-order valence-electron chi connectivity index (χ1n) is 9.10. The van der Waals surface area contributed by atoms with Crippen LogP contribution in [0.15, 0.2) is 24.8 Å². The number of hydrogen-bond donors (Lipinski definition) is 1. The zero-order chi connectivity index (χ0) is 19.4. The minimum absolute atomic E-state index is 0.129. The Bertz CT molecular complexity index is 594. The van der Waals surface area contributed by atoms with E-state index in [1.54, 1.807) is 7.11 Å². The van der Waals surface area contributed by atoms with Gasteiger partial charge in [0.15, 0.2) is 0 Å². The molecule has 0 saturated carbocycles. The summed E-state index contributed by atoms with van der Waals surface area (Å²) in [6.07, 6.45) is 2.71. The summed E-state index contributed by atoms with van der Waals surface area (Å²) in [5.74, 6) is 0.129. The number of rotatable bonds is 9. The van der Waals surface area contributed by atoms with Crippen molar-refractivity contribution in [2.24, 2.45) is 11.3 Å². The Kier molecular flexibility index (Phi) is 7.28. The van der Waals surface area contributed by atoms with Gasteiger partial charge >= 0.3 is 0 Å². The second-order valence-electron chi connectivity index (χ2n) is 8.09. The summed E-state index contributed by atoms with van der Waals surface area (Å²) in [6.45, 7) is 18.1. The summed E-state index contributed by atoms with van der Waals surface area (Å²) < 4.78 is 5.52. The lowest BCUT2D eigenvalue weighted by molar-refractivity contribution is 0.0502. The molecule has 1 rings (SSSR count). The maximum absolute atomic E-state index is 9.67. The molecule has 0 amide bonds. The van der Waals surface area contributed by atoms with Gasteiger partial charge in [-0.25, -0.2) is 0 Å². The number of ether oxygens (including phenoxy) is 1. The van der Waals surface area contributed by atoms with Crippen LogP contribution in [0.5, 0.6) is 0 Å². The first-order valence-corrected chi connectivity index (χ1v) is 9.10. The Hall–Kier alpha value is -1.32. The minimum Gasteiger partial charge on any atom is -0.396 e. The van der Waals surface area contributed by atoms with Gasteiger partial charge < -0.3 is 14.7 Å². The molecule has 1 aromatic rings. The summed E-state index contributed by atoms with van der Waals surface area (Å²) in [7, 11) is 3.89. The van der Waals surface area contributed by atoms with E-state index in [1.807, 2.05) is 6.08 Å². The molecule has 25 heavy (non-hydrogen) atoms. The fraction of sp³-hybridized carbons (Fsp3) is 0.636. The number of hydrogen-bond acceptors (Lipinski definition) is 3. The Morgan fingerprint density at radius 2 is 1.84 bits per heavy atom. The van der Waals surface area contributed by atoms with E-state index in [0.29, 0.717) is 13.0 Å². The molecule has 0 aliphatic carbocycles. The van der Waals surface area contributed by atoms with Crippen molar-refractivity contribution in [3.8, 4) is 0 Å². The number of anilines is 1. The Labute approximate surface area is 154 Å². The highest BCUT2D eigenvalue weighted by molar-refractivity contribution is 5.59. The average Bonchev–Trinajstić information content (AvgIpc) is 2.54. The molecule has 0 fully saturated rings. The molecule has 3 heteroatoms. The second-order valence-corrected chi connectivity index (χ2v) is 8.09. The number of nitrogens with zero attached hydrogens (tertiary/aromatic N) is 1. The number of aliphatic hydroxyl groups excluding tert-OH is 1. The van der Waals surface area contributed by atoms with E-state index >= 15 is 0 Å². The highest BCUT2D eigenvalue weighted by Gasteiger charge is 2.48. The Balaban J connectivity index is 3.59. The highest BCUT2D eigenvalue weighted by atomic mass is 16.5. The predicted octanol–water partition coefficient (Wildman–Crippen LogP) is 4.66. The van der Waals surface area contributed by atoms with Gasteiger partial charge in [-0.05, 0) is 62.3 Å². The van der Waals surface area contributed by atoms with Gasteiger partial charge in [-0.2, -0.15) is 0 Å². The molecule has 1 aromatic carbocycles. The maximum atomic E-state index is 9.67. The van der Waals surface area contributed by atoms with E-state index in [-0.39, 0.29) is 23.5 Å². The number of methoxy groups -OCH3 is 1. The zero-order valence-electron chi connectivity index (χ0n) is 17.4. The summed E-state index contributed by atoms with van der Waals surface area (Å²) in [4.78, 5) is 2.38. The van der Waals surface area contributed by atoms with Crippen LogP contribution in [0.25, 0.3) is 0 Å². The third-order valence-corrected chi connectivity index (χ3v) is 6.30. The maximum Gasteiger partial charge on any atom is 0.0547 e. The molecule has 0 aliphatic rings. The lowest BCUT2D eigenvalue weighted by Crippen LogP contribution is -2.60. The SMILES string of the molecule is C=CC(COC)C(C)(N(C)c1cc(C)cc(C)c1C)C(C)(C)CCO. The summed E-state index contributed by atoms with van der Waals surface area (Å²) in [5, 5.41) is 9.67. The molecule has 2 unspecified atom stereocenters. The van der Waals surface area contributed by atoms with Crippen molar-refractivity contribution in [1.82, 2.24) is 0 Å². The average molecular weight is 348 g/mol. The van der Waals surface area contributed by atoms with Crippen LogP contribution in [-0.4, -0.2) is 38.0 Å². The van der Waals surface area contributed by atoms with E-state index < -0.39 is 0 Å². The van der Waals surface area contributed by atoms with E-state index in [4.69, 9.17) is 4.74 Å². The molecule has 0 heterocycles. The van der Waals surface area contributed by atoms with Gasteiger partial charge in [-0.1, -0.05) is 26.0 Å². The largest absolute Gasteiger partial charge is 0.396 e. The minimum atomic E-state index is -0.265. The topological polar surface area (TPSA) is 32.7 Å². The summed E-state index contributed by atoms with van der Waals surface area (Å²) in [5.41, 5.74) is 4.67. The quantitative estimate of drug-likeness (QED) is 0.659. The molecule has 0 aliphatic heterocycles. The first kappa shape index (κ1) is 21.7. The van der Waals surface area contributed by atoms with E-state index in [9.17, 15) is 5.11 Å². The first-order chi connectivity index (χ1) is 11.6. The van der Waals surface area contributed by atoms with Crippen LogP contribution < -0.4 is 4.90 Å². The fourth-order valence-corrected chi connectivity index (χ4v) is 3.99. The van der Waals surface area contributed by atoms with Gasteiger partial charge in [0.2, 0.25) is 0 Å². The molecule has 1 N–H and O–H groups in total. The molecular weight excluding hydrogens is 310 g/mol. The lowest BCUT2D eigenvalue weighted by Gasteiger charge is -2.55. The van der Waals surface area contributed by atoms with Gasteiger partial charge in [0.25, 0.3) is 0 Å². The summed E-state index contributed by atoms with van der Waals surface area (Å²) in [6, 6.07) is 4.48. The van der Waals surface area contributed by atoms with Gasteiger partial charge in [0.05, 0.1) is 12.1 Å². The fourth-order valence-electron chi connectivity index (χ4n) is 3.99. The van der Waals surface area contributed by atoms with Crippen molar-refractivity contribution in [3.05, 3.63) is 41.5 Å². The van der Waals surface area contributed by atoms with Gasteiger partial charge in [-0.3, -0.25) is 0 Å². The van der Waals surface area contributed by atoms with Crippen molar-refractivity contribution in [1.29, 1.82) is 0 Å². The molecule has 2 atom stereocenters. The van der Waals surface area contributed by atoms with E-state index in [0.717, 1.165) is 0 Å². The molecular formula is C22H37NO2. The third kappa shape index (κ3) is 4.09. The van der Waals surface area contributed by atoms with Crippen molar-refractivity contribution >= 4 is 5.69 Å². The van der Waals surface area contributed by atoms with Crippen LogP contribution in [0.4, 0.5) is 5.69 Å². The van der Waals surface area contributed by atoms with Crippen molar-refractivity contribution in [2.75, 3.05) is 32.3 Å². The number of aryl methyl sites for hydroxylation is 2. The highest BCUT2D eigenvalue weighted by Crippen LogP contribution is 2.46. The van der Waals surface area contributed by atoms with E-state index in [2.05, 4.69) is 72.2 Å². The van der Waals surface area contributed by atoms with Crippen LogP contribution in [-0.2, 0) is 4.74 Å². The standard InChI is InChI=1S/C22H37NO2/c1-10-19(15-25-9)22(7,21(5,6)11-12-24)23(8)20-14-16(2)13-17(3)18(20)4/h10,13-14,19,24H,1,11-12,15H2,2-9H3. The van der Waals surface area contributed by atoms with Gasteiger partial charge in [0.1, 0.15) is 0 Å². The van der Waals surface area contributed by atoms with Crippen molar-refractivity contribution in [2.45, 2.75) is 53.5 Å². The molecule has 0 aromatic heterocycles. The van der Waals surface area contributed by atoms with Crippen LogP contribution >= 0.6 is 0 Å². The molecule has 0 saturated heterocycles. The number of benzene rings is 1. The lowest BCUT2D eigenvalue weighted by atomic mass is 9.63. The monoisotopic (exact) mass is 347 g/mol. The molecule has 3 nitrogen and oxygen atoms in total. The Morgan fingerprint density at radius 1 is 1.24 bits per heavy atom.